The number of hydrogen-bond donors (Lipinski definition) is 1. The van der Waals surface area contributed by atoms with E-state index in [-0.39, 0.29) is 11.6 Å². The van der Waals surface area contributed by atoms with E-state index in [4.69, 9.17) is 0 Å². The Bertz CT molecular complexity index is 646. The molecule has 1 N–H and O–H groups in total. The van der Waals surface area contributed by atoms with Gasteiger partial charge in [0, 0.05) is 30.3 Å². The third-order valence-corrected chi connectivity index (χ3v) is 2.78. The summed E-state index contributed by atoms with van der Waals surface area (Å²) in [6.45, 7) is 4.41. The maximum absolute atomic E-state index is 12.1. The summed E-state index contributed by atoms with van der Waals surface area (Å²) in [7, 11) is 0. The van der Waals surface area contributed by atoms with E-state index in [2.05, 4.69) is 10.4 Å². The quantitative estimate of drug-likeness (QED) is 0.684. The van der Waals surface area contributed by atoms with Gasteiger partial charge in [-0.2, -0.15) is 5.10 Å². The van der Waals surface area contributed by atoms with Gasteiger partial charge < -0.3 is 5.32 Å². The second-order valence-electron chi connectivity index (χ2n) is 4.24. The van der Waals surface area contributed by atoms with Crippen LogP contribution in [0.2, 0.25) is 0 Å². The highest BCUT2D eigenvalue weighted by Crippen LogP contribution is 2.15. The van der Waals surface area contributed by atoms with Crippen LogP contribution in [0.5, 0.6) is 0 Å². The first-order valence-corrected chi connectivity index (χ1v) is 6.11. The lowest BCUT2D eigenvalue weighted by atomic mass is 10.2. The lowest BCUT2D eigenvalue weighted by molar-refractivity contribution is -0.384. The molecule has 104 valence electrons. The molecule has 0 atom stereocenters. The number of anilines is 1. The van der Waals surface area contributed by atoms with Crippen molar-refractivity contribution in [3.8, 4) is 0 Å². The molecule has 7 nitrogen and oxygen atoms in total. The predicted molar refractivity (Wildman–Crippen MR) is 73.7 cm³/mol. The van der Waals surface area contributed by atoms with E-state index >= 15 is 0 Å². The Labute approximate surface area is 115 Å². The van der Waals surface area contributed by atoms with Crippen molar-refractivity contribution < 1.29 is 9.72 Å². The number of nitro groups is 1. The number of non-ortho nitro benzene ring substituents is 1. The van der Waals surface area contributed by atoms with E-state index in [9.17, 15) is 14.9 Å². The lowest BCUT2D eigenvalue weighted by Crippen LogP contribution is -2.15. The number of carbonyl (C=O) groups is 1. The van der Waals surface area contributed by atoms with E-state index in [1.807, 2.05) is 13.8 Å². The molecular weight excluding hydrogens is 260 g/mol. The molecule has 1 aromatic heterocycles. The number of aromatic nitrogens is 2. The number of carbonyl (C=O) groups excluding carboxylic acids is 1. The van der Waals surface area contributed by atoms with Crippen LogP contribution in [0.4, 0.5) is 11.5 Å². The van der Waals surface area contributed by atoms with E-state index in [0.29, 0.717) is 17.9 Å². The Morgan fingerprint density at radius 3 is 2.60 bits per heavy atom. The fraction of sp³-hybridized carbons (Fsp3) is 0.231. The Morgan fingerprint density at radius 1 is 1.40 bits per heavy atom. The van der Waals surface area contributed by atoms with Gasteiger partial charge in [-0.3, -0.25) is 14.9 Å². The third-order valence-electron chi connectivity index (χ3n) is 2.78. The van der Waals surface area contributed by atoms with Crippen molar-refractivity contribution in [3.05, 3.63) is 51.7 Å². The number of nitrogens with zero attached hydrogens (tertiary/aromatic N) is 3. The number of amides is 1. The van der Waals surface area contributed by atoms with Gasteiger partial charge in [-0.1, -0.05) is 0 Å². The van der Waals surface area contributed by atoms with Gasteiger partial charge in [-0.25, -0.2) is 4.68 Å². The minimum absolute atomic E-state index is 0.0454. The van der Waals surface area contributed by atoms with Crippen molar-refractivity contribution in [2.24, 2.45) is 0 Å². The zero-order valence-electron chi connectivity index (χ0n) is 11.2. The average molecular weight is 274 g/mol. The minimum Gasteiger partial charge on any atom is -0.307 e. The zero-order valence-corrected chi connectivity index (χ0v) is 11.2. The van der Waals surface area contributed by atoms with E-state index in [1.165, 1.54) is 24.3 Å². The smallest absolute Gasteiger partial charge is 0.269 e. The maximum atomic E-state index is 12.1. The Kier molecular flexibility index (Phi) is 3.79. The first kappa shape index (κ1) is 13.7. The SMILES string of the molecule is CCn1nc(C)cc1NC(=O)c1ccc([N+](=O)[O-])cc1. The highest BCUT2D eigenvalue weighted by molar-refractivity contribution is 6.03. The fourth-order valence-electron chi connectivity index (χ4n) is 1.81. The molecule has 0 aliphatic carbocycles. The van der Waals surface area contributed by atoms with Crippen LogP contribution in [0.25, 0.3) is 0 Å². The molecule has 0 spiro atoms. The standard InChI is InChI=1S/C13H14N4O3/c1-3-16-12(8-9(2)15-16)14-13(18)10-4-6-11(7-5-10)17(19)20/h4-8H,3H2,1-2H3,(H,14,18). The summed E-state index contributed by atoms with van der Waals surface area (Å²) < 4.78 is 1.68. The number of hydrogen-bond acceptors (Lipinski definition) is 4. The third kappa shape index (κ3) is 2.82. The molecule has 0 saturated carbocycles. The van der Waals surface area contributed by atoms with Crippen LogP contribution in [0.15, 0.2) is 30.3 Å². The van der Waals surface area contributed by atoms with Crippen LogP contribution in [0.1, 0.15) is 23.0 Å². The van der Waals surface area contributed by atoms with Crippen LogP contribution in [0, 0.1) is 17.0 Å². The second-order valence-corrected chi connectivity index (χ2v) is 4.24. The fourth-order valence-corrected chi connectivity index (χ4v) is 1.81. The van der Waals surface area contributed by atoms with E-state index in [0.717, 1.165) is 5.69 Å². The summed E-state index contributed by atoms with van der Waals surface area (Å²) >= 11 is 0. The van der Waals surface area contributed by atoms with Crippen molar-refractivity contribution in [3.63, 3.8) is 0 Å². The van der Waals surface area contributed by atoms with Crippen molar-refractivity contribution >= 4 is 17.4 Å². The maximum Gasteiger partial charge on any atom is 0.269 e. The van der Waals surface area contributed by atoms with Crippen molar-refractivity contribution in [1.82, 2.24) is 9.78 Å². The van der Waals surface area contributed by atoms with Crippen LogP contribution >= 0.6 is 0 Å². The van der Waals surface area contributed by atoms with Crippen molar-refractivity contribution in [1.29, 1.82) is 0 Å². The Balaban J connectivity index is 2.17. The topological polar surface area (TPSA) is 90.1 Å². The largest absolute Gasteiger partial charge is 0.307 e. The predicted octanol–water partition coefficient (Wildman–Crippen LogP) is 2.37. The highest BCUT2D eigenvalue weighted by Gasteiger charge is 2.12. The van der Waals surface area contributed by atoms with E-state index in [1.54, 1.807) is 10.7 Å². The number of rotatable bonds is 4. The Hall–Kier alpha value is -2.70. The molecule has 2 aromatic rings. The molecule has 1 heterocycles. The number of aryl methyl sites for hydroxylation is 2. The van der Waals surface area contributed by atoms with Crippen LogP contribution in [-0.4, -0.2) is 20.6 Å². The second kappa shape index (κ2) is 5.52. The molecule has 2 rings (SSSR count). The molecule has 0 bridgehead atoms. The molecule has 0 fully saturated rings. The average Bonchev–Trinajstić information content (AvgIpc) is 2.78. The zero-order chi connectivity index (χ0) is 14.7. The highest BCUT2D eigenvalue weighted by atomic mass is 16.6. The Morgan fingerprint density at radius 2 is 2.05 bits per heavy atom. The molecular formula is C13H14N4O3. The molecule has 1 aromatic carbocycles. The van der Waals surface area contributed by atoms with Crippen LogP contribution in [-0.2, 0) is 6.54 Å². The number of nitrogens with one attached hydrogen (secondary N) is 1. The van der Waals surface area contributed by atoms with Gasteiger partial charge in [0.05, 0.1) is 10.6 Å². The first-order valence-electron chi connectivity index (χ1n) is 6.11. The van der Waals surface area contributed by atoms with Crippen molar-refractivity contribution in [2.75, 3.05) is 5.32 Å². The summed E-state index contributed by atoms with van der Waals surface area (Å²) in [6.07, 6.45) is 0. The normalized spacial score (nSPS) is 10.3. The summed E-state index contributed by atoms with van der Waals surface area (Å²) in [6, 6.07) is 7.22. The molecule has 0 aliphatic rings. The van der Waals surface area contributed by atoms with Gasteiger partial charge in [0.15, 0.2) is 0 Å². The van der Waals surface area contributed by atoms with Crippen LogP contribution < -0.4 is 5.32 Å². The molecule has 0 radical (unpaired) electrons. The van der Waals surface area contributed by atoms with Gasteiger partial charge in [0.2, 0.25) is 0 Å². The summed E-state index contributed by atoms with van der Waals surface area (Å²) in [5.41, 5.74) is 1.12. The van der Waals surface area contributed by atoms with Gasteiger partial charge in [-0.05, 0) is 26.0 Å². The van der Waals surface area contributed by atoms with E-state index < -0.39 is 4.92 Å². The summed E-state index contributed by atoms with van der Waals surface area (Å²) in [5, 5.41) is 17.5. The van der Waals surface area contributed by atoms with Crippen LogP contribution in [0.3, 0.4) is 0 Å². The number of nitro benzene ring substituents is 1. The molecule has 7 heteroatoms. The molecule has 0 unspecified atom stereocenters. The summed E-state index contributed by atoms with van der Waals surface area (Å²) in [4.78, 5) is 22.1. The number of benzene rings is 1. The van der Waals surface area contributed by atoms with Gasteiger partial charge in [-0.15, -0.1) is 0 Å². The summed E-state index contributed by atoms with van der Waals surface area (Å²) in [5.74, 6) is 0.280. The van der Waals surface area contributed by atoms with Gasteiger partial charge >= 0.3 is 0 Å². The monoisotopic (exact) mass is 274 g/mol. The molecule has 0 aliphatic heterocycles. The molecule has 1 amide bonds. The van der Waals surface area contributed by atoms with Gasteiger partial charge in [0.25, 0.3) is 11.6 Å². The first-order chi connectivity index (χ1) is 9.51. The molecule has 0 saturated heterocycles. The minimum atomic E-state index is -0.503. The van der Waals surface area contributed by atoms with Crippen molar-refractivity contribution in [2.45, 2.75) is 20.4 Å². The van der Waals surface area contributed by atoms with Gasteiger partial charge in [0.1, 0.15) is 5.82 Å². The lowest BCUT2D eigenvalue weighted by Gasteiger charge is -2.06. The molecule has 20 heavy (non-hydrogen) atoms.